The van der Waals surface area contributed by atoms with Crippen molar-refractivity contribution in [2.45, 2.75) is 10.9 Å². The molecule has 23 heavy (non-hydrogen) atoms. The second-order valence-corrected chi connectivity index (χ2v) is 7.03. The average molecular weight is 334 g/mol. The van der Waals surface area contributed by atoms with Gasteiger partial charge in [-0.15, -0.1) is 0 Å². The highest BCUT2D eigenvalue weighted by Crippen LogP contribution is 2.30. The van der Waals surface area contributed by atoms with E-state index in [-0.39, 0.29) is 23.5 Å². The number of benzene rings is 2. The molecule has 2 aromatic carbocycles. The van der Waals surface area contributed by atoms with Crippen molar-refractivity contribution in [3.8, 4) is 0 Å². The Morgan fingerprint density at radius 1 is 1.04 bits per heavy atom. The molecule has 1 amide bonds. The molecule has 5 nitrogen and oxygen atoms in total. The largest absolute Gasteiger partial charge is 0.353 e. The minimum absolute atomic E-state index is 0.0456. The van der Waals surface area contributed by atoms with Gasteiger partial charge in [-0.3, -0.25) is 4.79 Å². The third-order valence-electron chi connectivity index (χ3n) is 3.72. The van der Waals surface area contributed by atoms with Crippen LogP contribution >= 0.6 is 0 Å². The van der Waals surface area contributed by atoms with Crippen molar-refractivity contribution in [2.75, 3.05) is 13.1 Å². The number of amides is 1. The van der Waals surface area contributed by atoms with E-state index in [1.807, 2.05) is 0 Å². The van der Waals surface area contributed by atoms with Gasteiger partial charge >= 0.3 is 0 Å². The number of hydrogen-bond acceptors (Lipinski definition) is 3. The minimum atomic E-state index is -3.90. The predicted molar refractivity (Wildman–Crippen MR) is 82.5 cm³/mol. The summed E-state index contributed by atoms with van der Waals surface area (Å²) in [6.07, 6.45) is 0. The molecule has 2 aromatic rings. The fourth-order valence-corrected chi connectivity index (χ4v) is 4.22. The molecule has 1 fully saturated rings. The van der Waals surface area contributed by atoms with Crippen molar-refractivity contribution < 1.29 is 17.6 Å². The van der Waals surface area contributed by atoms with Crippen molar-refractivity contribution in [2.24, 2.45) is 0 Å². The number of rotatable bonds is 3. The number of carbonyl (C=O) groups excluding carboxylic acids is 1. The van der Waals surface area contributed by atoms with Crippen LogP contribution in [-0.2, 0) is 14.8 Å². The number of piperazine rings is 1. The normalized spacial score (nSPS) is 19.3. The molecule has 0 saturated carbocycles. The Balaban J connectivity index is 2.09. The Morgan fingerprint density at radius 2 is 1.70 bits per heavy atom. The van der Waals surface area contributed by atoms with Crippen LogP contribution in [0, 0.1) is 5.82 Å². The summed E-state index contributed by atoms with van der Waals surface area (Å²) >= 11 is 0. The van der Waals surface area contributed by atoms with Gasteiger partial charge in [-0.1, -0.05) is 36.4 Å². The zero-order chi connectivity index (χ0) is 16.4. The lowest BCUT2D eigenvalue weighted by molar-refractivity contribution is -0.127. The number of halogens is 1. The lowest BCUT2D eigenvalue weighted by atomic mass is 10.0. The molecule has 0 spiro atoms. The van der Waals surface area contributed by atoms with Gasteiger partial charge in [0.05, 0.1) is 4.90 Å². The molecule has 0 radical (unpaired) electrons. The Bertz CT molecular complexity index is 824. The molecule has 1 unspecified atom stereocenters. The molecular formula is C16H15FN2O3S. The van der Waals surface area contributed by atoms with Gasteiger partial charge < -0.3 is 5.32 Å². The third kappa shape index (κ3) is 2.85. The van der Waals surface area contributed by atoms with E-state index < -0.39 is 27.8 Å². The van der Waals surface area contributed by atoms with E-state index in [0.717, 1.165) is 4.31 Å². The zero-order valence-electron chi connectivity index (χ0n) is 12.1. The summed E-state index contributed by atoms with van der Waals surface area (Å²) in [6.45, 7) is 0.276. The monoisotopic (exact) mass is 334 g/mol. The summed E-state index contributed by atoms with van der Waals surface area (Å²) < 4.78 is 40.9. The molecule has 3 rings (SSSR count). The van der Waals surface area contributed by atoms with Gasteiger partial charge in [0, 0.05) is 18.7 Å². The van der Waals surface area contributed by atoms with Crippen LogP contribution in [0.4, 0.5) is 4.39 Å². The second kappa shape index (κ2) is 6.10. The Hall–Kier alpha value is -2.25. The summed E-state index contributed by atoms with van der Waals surface area (Å²) in [7, 11) is -3.90. The zero-order valence-corrected chi connectivity index (χ0v) is 13.0. The first-order chi connectivity index (χ1) is 11.0. The highest BCUT2D eigenvalue weighted by Gasteiger charge is 2.40. The van der Waals surface area contributed by atoms with E-state index in [9.17, 15) is 17.6 Å². The average Bonchev–Trinajstić information content (AvgIpc) is 2.56. The second-order valence-electron chi connectivity index (χ2n) is 5.14. The van der Waals surface area contributed by atoms with E-state index in [1.54, 1.807) is 24.3 Å². The number of nitrogens with zero attached hydrogens (tertiary/aromatic N) is 1. The van der Waals surface area contributed by atoms with Gasteiger partial charge in [0.25, 0.3) is 0 Å². The molecule has 0 aromatic heterocycles. The lowest BCUT2D eigenvalue weighted by Gasteiger charge is -2.34. The molecule has 1 heterocycles. The van der Waals surface area contributed by atoms with Gasteiger partial charge in [0.2, 0.25) is 15.9 Å². The number of nitrogens with one attached hydrogen (secondary N) is 1. The highest BCUT2D eigenvalue weighted by atomic mass is 32.2. The molecule has 1 saturated heterocycles. The molecule has 0 bridgehead atoms. The third-order valence-corrected chi connectivity index (χ3v) is 5.60. The van der Waals surface area contributed by atoms with Crippen LogP contribution in [0.2, 0.25) is 0 Å². The highest BCUT2D eigenvalue weighted by molar-refractivity contribution is 7.89. The van der Waals surface area contributed by atoms with E-state index in [0.29, 0.717) is 0 Å². The maximum absolute atomic E-state index is 14.1. The first-order valence-corrected chi connectivity index (χ1v) is 8.55. The molecule has 1 aliphatic heterocycles. The van der Waals surface area contributed by atoms with Gasteiger partial charge in [-0.2, -0.15) is 4.31 Å². The fraction of sp³-hybridized carbons (Fsp3) is 0.188. The topological polar surface area (TPSA) is 66.5 Å². The van der Waals surface area contributed by atoms with Crippen molar-refractivity contribution in [1.29, 1.82) is 0 Å². The molecule has 7 heteroatoms. The van der Waals surface area contributed by atoms with Gasteiger partial charge in [0.15, 0.2) is 0 Å². The maximum Gasteiger partial charge on any atom is 0.244 e. The number of hydrogen-bond donors (Lipinski definition) is 1. The maximum atomic E-state index is 14.1. The van der Waals surface area contributed by atoms with Crippen LogP contribution in [0.1, 0.15) is 11.6 Å². The van der Waals surface area contributed by atoms with Crippen molar-refractivity contribution >= 4 is 15.9 Å². The molecule has 1 aliphatic rings. The van der Waals surface area contributed by atoms with Gasteiger partial charge in [-0.05, 0) is 18.2 Å². The van der Waals surface area contributed by atoms with Crippen molar-refractivity contribution in [3.63, 3.8) is 0 Å². The van der Waals surface area contributed by atoms with Crippen LogP contribution in [0.3, 0.4) is 0 Å². The Kier molecular flexibility index (Phi) is 4.14. The van der Waals surface area contributed by atoms with E-state index in [1.165, 1.54) is 30.3 Å². The Morgan fingerprint density at radius 3 is 2.39 bits per heavy atom. The van der Waals surface area contributed by atoms with Gasteiger partial charge in [0.1, 0.15) is 11.9 Å². The van der Waals surface area contributed by atoms with Crippen LogP contribution < -0.4 is 5.32 Å². The minimum Gasteiger partial charge on any atom is -0.353 e. The molecule has 1 atom stereocenters. The smallest absolute Gasteiger partial charge is 0.244 e. The van der Waals surface area contributed by atoms with Crippen molar-refractivity contribution in [1.82, 2.24) is 9.62 Å². The Labute approximate surface area is 133 Å². The molecule has 1 N–H and O–H groups in total. The predicted octanol–water partition coefficient (Wildman–Crippen LogP) is 1.69. The summed E-state index contributed by atoms with van der Waals surface area (Å²) in [5.41, 5.74) is 0.0456. The summed E-state index contributed by atoms with van der Waals surface area (Å²) in [5, 5.41) is 2.60. The van der Waals surface area contributed by atoms with E-state index in [4.69, 9.17) is 0 Å². The summed E-state index contributed by atoms with van der Waals surface area (Å²) in [5.74, 6) is -1.14. The lowest BCUT2D eigenvalue weighted by Crippen LogP contribution is -2.52. The summed E-state index contributed by atoms with van der Waals surface area (Å²) in [4.78, 5) is 12.3. The van der Waals surface area contributed by atoms with Crippen molar-refractivity contribution in [3.05, 3.63) is 66.0 Å². The van der Waals surface area contributed by atoms with Crippen LogP contribution in [-0.4, -0.2) is 31.7 Å². The SMILES string of the molecule is O=C1NCCN(S(=O)(=O)c2ccccc2)C1c1ccccc1F. The first kappa shape index (κ1) is 15.6. The molecule has 0 aliphatic carbocycles. The quantitative estimate of drug-likeness (QED) is 0.929. The van der Waals surface area contributed by atoms with Crippen LogP contribution in [0.15, 0.2) is 59.5 Å². The number of sulfonamides is 1. The first-order valence-electron chi connectivity index (χ1n) is 7.11. The molecule has 120 valence electrons. The van der Waals surface area contributed by atoms with Crippen LogP contribution in [0.25, 0.3) is 0 Å². The summed E-state index contributed by atoms with van der Waals surface area (Å²) in [6, 6.07) is 12.3. The fourth-order valence-electron chi connectivity index (χ4n) is 2.63. The molecular weight excluding hydrogens is 319 g/mol. The van der Waals surface area contributed by atoms with E-state index in [2.05, 4.69) is 5.32 Å². The van der Waals surface area contributed by atoms with E-state index >= 15 is 0 Å². The standard InChI is InChI=1S/C16H15FN2O3S/c17-14-9-5-4-8-13(14)15-16(20)18-10-11-19(15)23(21,22)12-6-2-1-3-7-12/h1-9,15H,10-11H2,(H,18,20). The van der Waals surface area contributed by atoms with Gasteiger partial charge in [-0.25, -0.2) is 12.8 Å². The van der Waals surface area contributed by atoms with Crippen LogP contribution in [0.5, 0.6) is 0 Å². The number of carbonyl (C=O) groups is 1.